The molecule has 2 amide bonds. The van der Waals surface area contributed by atoms with E-state index in [1.54, 1.807) is 18.3 Å². The van der Waals surface area contributed by atoms with Crippen molar-refractivity contribution in [2.24, 2.45) is 0 Å². The summed E-state index contributed by atoms with van der Waals surface area (Å²) in [5, 5.41) is 2.99. The Morgan fingerprint density at radius 2 is 2.21 bits per heavy atom. The van der Waals surface area contributed by atoms with Gasteiger partial charge in [-0.05, 0) is 18.6 Å². The second-order valence-corrected chi connectivity index (χ2v) is 6.19. The molecule has 24 heavy (non-hydrogen) atoms. The van der Waals surface area contributed by atoms with Gasteiger partial charge in [-0.2, -0.15) is 0 Å². The molecule has 7 nitrogen and oxygen atoms in total. The van der Waals surface area contributed by atoms with E-state index in [0.717, 1.165) is 26.1 Å². The largest absolute Gasteiger partial charge is 0.378 e. The van der Waals surface area contributed by atoms with Gasteiger partial charge >= 0.3 is 0 Å². The Balaban J connectivity index is 1.68. The summed E-state index contributed by atoms with van der Waals surface area (Å²) in [5.41, 5.74) is 0.556. The average molecular weight is 332 g/mol. The Morgan fingerprint density at radius 1 is 1.42 bits per heavy atom. The van der Waals surface area contributed by atoms with Crippen LogP contribution in [0.5, 0.6) is 0 Å². The minimum Gasteiger partial charge on any atom is -0.378 e. The van der Waals surface area contributed by atoms with E-state index in [4.69, 9.17) is 4.74 Å². The standard InChI is InChI=1S/C17H24N4O3/c1-2-6-21-12-13(11-15(21)22)19-17(23)14-4-3-5-18-16(14)20-7-9-24-10-8-20/h3-5,13H,2,6-12H2,1H3,(H,19,23)/t13-/m1/s1. The number of likely N-dealkylation sites (tertiary alicyclic amines) is 1. The molecule has 2 aliphatic rings. The van der Waals surface area contributed by atoms with Crippen LogP contribution in [0.2, 0.25) is 0 Å². The Morgan fingerprint density at radius 3 is 2.96 bits per heavy atom. The monoisotopic (exact) mass is 332 g/mol. The SMILES string of the molecule is CCCN1C[C@H](NC(=O)c2cccnc2N2CCOCC2)CC1=O. The molecular formula is C17H24N4O3. The summed E-state index contributed by atoms with van der Waals surface area (Å²) in [6.07, 6.45) is 3.00. The van der Waals surface area contributed by atoms with Gasteiger partial charge in [0.15, 0.2) is 0 Å². The summed E-state index contributed by atoms with van der Waals surface area (Å²) in [4.78, 5) is 32.9. The number of carbonyl (C=O) groups excluding carboxylic acids is 2. The van der Waals surface area contributed by atoms with E-state index in [2.05, 4.69) is 15.2 Å². The Bertz CT molecular complexity index is 601. The highest BCUT2D eigenvalue weighted by molar-refractivity contribution is 5.99. The van der Waals surface area contributed by atoms with Crippen molar-refractivity contribution in [3.05, 3.63) is 23.9 Å². The van der Waals surface area contributed by atoms with Gasteiger partial charge in [0, 0.05) is 38.8 Å². The van der Waals surface area contributed by atoms with E-state index < -0.39 is 0 Å². The number of rotatable bonds is 5. The highest BCUT2D eigenvalue weighted by Gasteiger charge is 2.31. The molecule has 2 fully saturated rings. The first-order chi connectivity index (χ1) is 11.7. The van der Waals surface area contributed by atoms with Gasteiger partial charge in [0.2, 0.25) is 5.91 Å². The van der Waals surface area contributed by atoms with Crippen LogP contribution < -0.4 is 10.2 Å². The molecule has 3 rings (SSSR count). The van der Waals surface area contributed by atoms with E-state index in [1.807, 2.05) is 11.8 Å². The number of nitrogens with one attached hydrogen (secondary N) is 1. The summed E-state index contributed by atoms with van der Waals surface area (Å²) in [5.74, 6) is 0.635. The maximum Gasteiger partial charge on any atom is 0.255 e. The van der Waals surface area contributed by atoms with Crippen LogP contribution in [0.25, 0.3) is 0 Å². The van der Waals surface area contributed by atoms with Crippen LogP contribution in [0.15, 0.2) is 18.3 Å². The van der Waals surface area contributed by atoms with Gasteiger partial charge < -0.3 is 19.9 Å². The maximum atomic E-state index is 12.7. The molecule has 1 aromatic heterocycles. The van der Waals surface area contributed by atoms with E-state index in [-0.39, 0.29) is 17.9 Å². The molecule has 7 heteroatoms. The Labute approximate surface area is 142 Å². The van der Waals surface area contributed by atoms with Gasteiger partial charge in [0.1, 0.15) is 5.82 Å². The minimum absolute atomic E-state index is 0.113. The Kier molecular flexibility index (Phi) is 5.30. The van der Waals surface area contributed by atoms with Gasteiger partial charge in [-0.3, -0.25) is 9.59 Å². The zero-order valence-corrected chi connectivity index (χ0v) is 14.0. The molecule has 0 unspecified atom stereocenters. The van der Waals surface area contributed by atoms with Crippen molar-refractivity contribution in [3.8, 4) is 0 Å². The number of aromatic nitrogens is 1. The molecule has 1 atom stereocenters. The normalized spacial score (nSPS) is 21.2. The molecular weight excluding hydrogens is 308 g/mol. The minimum atomic E-state index is -0.166. The van der Waals surface area contributed by atoms with Crippen molar-refractivity contribution in [3.63, 3.8) is 0 Å². The summed E-state index contributed by atoms with van der Waals surface area (Å²) < 4.78 is 5.36. The van der Waals surface area contributed by atoms with Crippen molar-refractivity contribution in [2.75, 3.05) is 44.3 Å². The molecule has 0 aliphatic carbocycles. The molecule has 0 bridgehead atoms. The van der Waals surface area contributed by atoms with Gasteiger partial charge in [-0.1, -0.05) is 6.92 Å². The summed E-state index contributed by atoms with van der Waals surface area (Å²) in [6.45, 7) is 6.11. The molecule has 2 saturated heterocycles. The molecule has 1 N–H and O–H groups in total. The molecule has 0 radical (unpaired) electrons. The number of ether oxygens (including phenoxy) is 1. The number of pyridine rings is 1. The van der Waals surface area contributed by atoms with Crippen LogP contribution in [0, 0.1) is 0 Å². The highest BCUT2D eigenvalue weighted by atomic mass is 16.5. The molecule has 0 aromatic carbocycles. The smallest absolute Gasteiger partial charge is 0.255 e. The van der Waals surface area contributed by atoms with Crippen molar-refractivity contribution in [1.82, 2.24) is 15.2 Å². The lowest BCUT2D eigenvalue weighted by Crippen LogP contribution is -2.40. The molecule has 130 valence electrons. The first-order valence-electron chi connectivity index (χ1n) is 8.55. The topological polar surface area (TPSA) is 74.8 Å². The van der Waals surface area contributed by atoms with E-state index in [1.165, 1.54) is 0 Å². The summed E-state index contributed by atoms with van der Waals surface area (Å²) in [7, 11) is 0. The van der Waals surface area contributed by atoms with Crippen LogP contribution in [-0.4, -0.2) is 67.1 Å². The molecule has 1 aromatic rings. The zero-order valence-electron chi connectivity index (χ0n) is 14.0. The van der Waals surface area contributed by atoms with Crippen molar-refractivity contribution in [2.45, 2.75) is 25.8 Å². The molecule has 2 aliphatic heterocycles. The van der Waals surface area contributed by atoms with Crippen LogP contribution in [-0.2, 0) is 9.53 Å². The third kappa shape index (κ3) is 3.67. The van der Waals surface area contributed by atoms with Gasteiger partial charge in [0.25, 0.3) is 5.91 Å². The van der Waals surface area contributed by atoms with E-state index in [0.29, 0.717) is 37.6 Å². The lowest BCUT2D eigenvalue weighted by atomic mass is 10.2. The number of hydrogen-bond donors (Lipinski definition) is 1. The van der Waals surface area contributed by atoms with E-state index >= 15 is 0 Å². The maximum absolute atomic E-state index is 12.7. The first-order valence-corrected chi connectivity index (χ1v) is 8.55. The Hall–Kier alpha value is -2.15. The molecule has 0 saturated carbocycles. The third-order valence-electron chi connectivity index (χ3n) is 4.39. The fraction of sp³-hybridized carbons (Fsp3) is 0.588. The van der Waals surface area contributed by atoms with Gasteiger partial charge in [-0.25, -0.2) is 4.98 Å². The lowest BCUT2D eigenvalue weighted by Gasteiger charge is -2.29. The number of morpholine rings is 1. The van der Waals surface area contributed by atoms with Crippen molar-refractivity contribution in [1.29, 1.82) is 0 Å². The predicted molar refractivity (Wildman–Crippen MR) is 90.0 cm³/mol. The summed E-state index contributed by atoms with van der Waals surface area (Å²) in [6, 6.07) is 3.42. The van der Waals surface area contributed by atoms with Crippen molar-refractivity contribution >= 4 is 17.6 Å². The number of carbonyl (C=O) groups is 2. The number of amides is 2. The molecule has 3 heterocycles. The second-order valence-electron chi connectivity index (χ2n) is 6.19. The number of anilines is 1. The predicted octanol–water partition coefficient (Wildman–Crippen LogP) is 0.659. The molecule has 0 spiro atoms. The van der Waals surface area contributed by atoms with Gasteiger partial charge in [0.05, 0.1) is 24.8 Å². The zero-order chi connectivity index (χ0) is 16.9. The summed E-state index contributed by atoms with van der Waals surface area (Å²) >= 11 is 0. The van der Waals surface area contributed by atoms with Crippen LogP contribution >= 0.6 is 0 Å². The number of nitrogens with zero attached hydrogens (tertiary/aromatic N) is 3. The number of hydrogen-bond acceptors (Lipinski definition) is 5. The van der Waals surface area contributed by atoms with Gasteiger partial charge in [-0.15, -0.1) is 0 Å². The second kappa shape index (κ2) is 7.61. The van der Waals surface area contributed by atoms with E-state index in [9.17, 15) is 9.59 Å². The fourth-order valence-corrected chi connectivity index (χ4v) is 3.22. The highest BCUT2D eigenvalue weighted by Crippen LogP contribution is 2.19. The van der Waals surface area contributed by atoms with Crippen LogP contribution in [0.3, 0.4) is 0 Å². The fourth-order valence-electron chi connectivity index (χ4n) is 3.22. The van der Waals surface area contributed by atoms with Crippen LogP contribution in [0.1, 0.15) is 30.1 Å². The average Bonchev–Trinajstić information content (AvgIpc) is 2.95. The third-order valence-corrected chi connectivity index (χ3v) is 4.39. The quantitative estimate of drug-likeness (QED) is 0.857. The van der Waals surface area contributed by atoms with Crippen molar-refractivity contribution < 1.29 is 14.3 Å². The first kappa shape index (κ1) is 16.7. The lowest BCUT2D eigenvalue weighted by molar-refractivity contribution is -0.127. The van der Waals surface area contributed by atoms with Crippen LogP contribution in [0.4, 0.5) is 5.82 Å².